The minimum atomic E-state index is -2.70. The zero-order valence-corrected chi connectivity index (χ0v) is 12.1. The molecular formula is C12H9N4O6S-. The zero-order valence-electron chi connectivity index (χ0n) is 11.3. The number of fused-ring (bicyclic) bond motifs is 3. The largest absolute Gasteiger partial charge is 0.768 e. The van der Waals surface area contributed by atoms with E-state index in [-0.39, 0.29) is 32.9 Å². The lowest BCUT2D eigenvalue weighted by Crippen LogP contribution is -2.29. The molecule has 1 unspecified atom stereocenters. The highest BCUT2D eigenvalue weighted by molar-refractivity contribution is 7.79. The monoisotopic (exact) mass is 337 g/mol. The second-order valence-corrected chi connectivity index (χ2v) is 5.31. The summed E-state index contributed by atoms with van der Waals surface area (Å²) < 4.78 is 22.6. The van der Waals surface area contributed by atoms with Crippen molar-refractivity contribution >= 4 is 38.6 Å². The smallest absolute Gasteiger partial charge is 0.314 e. The van der Waals surface area contributed by atoms with Crippen molar-refractivity contribution in [1.29, 1.82) is 0 Å². The van der Waals surface area contributed by atoms with Crippen LogP contribution in [0.2, 0.25) is 0 Å². The molecule has 23 heavy (non-hydrogen) atoms. The van der Waals surface area contributed by atoms with Crippen LogP contribution < -0.4 is 17.3 Å². The highest BCUT2D eigenvalue weighted by Crippen LogP contribution is 2.34. The van der Waals surface area contributed by atoms with E-state index in [9.17, 15) is 28.5 Å². The SMILES string of the molecule is N.O=c1[nH]c2cc([N+](=O)[O-])c3c(S(=O)[O-])cccc3c2[nH]c1=O. The molecule has 120 valence electrons. The van der Waals surface area contributed by atoms with Gasteiger partial charge in [0.25, 0.3) is 5.69 Å². The molecule has 0 bridgehead atoms. The molecule has 0 saturated carbocycles. The Morgan fingerprint density at radius 1 is 1.13 bits per heavy atom. The van der Waals surface area contributed by atoms with Crippen LogP contribution in [0.3, 0.4) is 0 Å². The zero-order chi connectivity index (χ0) is 16.0. The Hall–Kier alpha value is -2.89. The Morgan fingerprint density at radius 2 is 1.78 bits per heavy atom. The quantitative estimate of drug-likeness (QED) is 0.202. The van der Waals surface area contributed by atoms with E-state index in [2.05, 4.69) is 9.97 Å². The van der Waals surface area contributed by atoms with Crippen LogP contribution in [-0.4, -0.2) is 23.7 Å². The van der Waals surface area contributed by atoms with E-state index < -0.39 is 32.8 Å². The molecule has 0 spiro atoms. The van der Waals surface area contributed by atoms with E-state index in [0.717, 1.165) is 6.07 Å². The average molecular weight is 337 g/mol. The Kier molecular flexibility index (Phi) is 4.10. The number of nitrogens with one attached hydrogen (secondary N) is 2. The van der Waals surface area contributed by atoms with E-state index >= 15 is 0 Å². The molecule has 0 aliphatic heterocycles. The first-order valence-electron chi connectivity index (χ1n) is 5.86. The van der Waals surface area contributed by atoms with Gasteiger partial charge < -0.3 is 20.7 Å². The predicted molar refractivity (Wildman–Crippen MR) is 81.6 cm³/mol. The molecule has 1 aromatic heterocycles. The van der Waals surface area contributed by atoms with Crippen LogP contribution in [0.5, 0.6) is 0 Å². The van der Waals surface area contributed by atoms with E-state index in [0.29, 0.717) is 0 Å². The number of nitrogens with zero attached hydrogens (tertiary/aromatic N) is 1. The summed E-state index contributed by atoms with van der Waals surface area (Å²) in [7, 11) is 0. The first-order chi connectivity index (χ1) is 10.4. The van der Waals surface area contributed by atoms with Gasteiger partial charge in [-0.25, -0.2) is 0 Å². The molecule has 0 aliphatic rings. The summed E-state index contributed by atoms with van der Waals surface area (Å²) in [4.78, 5) is 37.6. The van der Waals surface area contributed by atoms with Crippen molar-refractivity contribution in [2.24, 2.45) is 0 Å². The maximum Gasteiger partial charge on any atom is 0.314 e. The lowest BCUT2D eigenvalue weighted by molar-refractivity contribution is -0.383. The number of aromatic amines is 2. The Bertz CT molecular complexity index is 1090. The molecule has 0 aliphatic carbocycles. The van der Waals surface area contributed by atoms with E-state index in [4.69, 9.17) is 0 Å². The van der Waals surface area contributed by atoms with Gasteiger partial charge in [0, 0.05) is 16.3 Å². The van der Waals surface area contributed by atoms with E-state index in [1.54, 1.807) is 0 Å². The molecule has 5 N–H and O–H groups in total. The van der Waals surface area contributed by atoms with Crippen LogP contribution in [0.4, 0.5) is 5.69 Å². The number of hydrogen-bond acceptors (Lipinski definition) is 7. The Labute approximate surface area is 129 Å². The molecule has 0 radical (unpaired) electrons. The van der Waals surface area contributed by atoms with Crippen molar-refractivity contribution < 1.29 is 13.7 Å². The van der Waals surface area contributed by atoms with Crippen LogP contribution in [-0.2, 0) is 11.1 Å². The fraction of sp³-hybridized carbons (Fsp3) is 0. The van der Waals surface area contributed by atoms with Gasteiger partial charge in [-0.3, -0.25) is 23.9 Å². The van der Waals surface area contributed by atoms with E-state index in [1.165, 1.54) is 18.2 Å². The van der Waals surface area contributed by atoms with Crippen molar-refractivity contribution in [1.82, 2.24) is 16.1 Å². The molecule has 2 aromatic carbocycles. The van der Waals surface area contributed by atoms with Crippen LogP contribution in [0, 0.1) is 10.1 Å². The lowest BCUT2D eigenvalue weighted by atomic mass is 10.1. The highest BCUT2D eigenvalue weighted by atomic mass is 32.2. The molecule has 11 heteroatoms. The Balaban J connectivity index is 0.00000192. The van der Waals surface area contributed by atoms with Gasteiger partial charge in [-0.05, 0) is 17.1 Å². The van der Waals surface area contributed by atoms with Crippen molar-refractivity contribution in [3.8, 4) is 0 Å². The first kappa shape index (κ1) is 16.5. The van der Waals surface area contributed by atoms with Crippen LogP contribution in [0.1, 0.15) is 0 Å². The maximum atomic E-state index is 11.5. The second kappa shape index (κ2) is 5.72. The van der Waals surface area contributed by atoms with Gasteiger partial charge in [0.1, 0.15) is 0 Å². The molecule has 0 saturated heterocycles. The summed E-state index contributed by atoms with van der Waals surface area (Å²) in [6.45, 7) is 0. The summed E-state index contributed by atoms with van der Waals surface area (Å²) in [6, 6.07) is 5.05. The average Bonchev–Trinajstić information content (AvgIpc) is 2.47. The van der Waals surface area contributed by atoms with Gasteiger partial charge in [-0.2, -0.15) is 0 Å². The predicted octanol–water partition coefficient (Wildman–Crippen LogP) is 0.678. The fourth-order valence-electron chi connectivity index (χ4n) is 2.30. The number of hydrogen-bond donors (Lipinski definition) is 3. The molecule has 1 heterocycles. The first-order valence-corrected chi connectivity index (χ1v) is 6.93. The van der Waals surface area contributed by atoms with Gasteiger partial charge >= 0.3 is 11.1 Å². The maximum absolute atomic E-state index is 11.5. The minimum Gasteiger partial charge on any atom is -0.768 e. The van der Waals surface area contributed by atoms with Gasteiger partial charge in [-0.1, -0.05) is 12.1 Å². The van der Waals surface area contributed by atoms with Crippen molar-refractivity contribution in [3.05, 3.63) is 55.1 Å². The number of benzene rings is 2. The number of non-ortho nitro benzene ring substituents is 1. The number of nitro benzene ring substituents is 1. The third-order valence-corrected chi connectivity index (χ3v) is 3.87. The summed E-state index contributed by atoms with van der Waals surface area (Å²) in [5.74, 6) is 0. The standard InChI is InChI=1S/C12H7N3O6S.H3N/c16-11-12(17)14-10-5-2-1-3-8(22(20)21)9(5)7(15(18)19)4-6(10)13-11;/h1-4H,(H,13,16)(H,14,17)(H,20,21);1H3/p-1. The molecule has 1 atom stereocenters. The van der Waals surface area contributed by atoms with Gasteiger partial charge in [0.15, 0.2) is 0 Å². The highest BCUT2D eigenvalue weighted by Gasteiger charge is 2.20. The normalized spacial score (nSPS) is 12.0. The molecule has 3 rings (SSSR count). The topological polar surface area (TPSA) is 184 Å². The molecule has 3 aromatic rings. The van der Waals surface area contributed by atoms with Gasteiger partial charge in [0.2, 0.25) is 0 Å². The van der Waals surface area contributed by atoms with E-state index in [1.807, 2.05) is 0 Å². The minimum absolute atomic E-state index is 0. The van der Waals surface area contributed by atoms with Crippen LogP contribution in [0.25, 0.3) is 21.8 Å². The van der Waals surface area contributed by atoms with Crippen molar-refractivity contribution in [3.63, 3.8) is 0 Å². The summed E-state index contributed by atoms with van der Waals surface area (Å²) in [6.07, 6.45) is 0. The number of H-pyrrole nitrogens is 2. The summed E-state index contributed by atoms with van der Waals surface area (Å²) in [5, 5.41) is 11.2. The number of aromatic nitrogens is 2. The molecule has 10 nitrogen and oxygen atoms in total. The summed E-state index contributed by atoms with van der Waals surface area (Å²) >= 11 is -2.70. The van der Waals surface area contributed by atoms with Crippen LogP contribution in [0.15, 0.2) is 38.8 Å². The van der Waals surface area contributed by atoms with Crippen molar-refractivity contribution in [2.45, 2.75) is 4.90 Å². The molecular weight excluding hydrogens is 328 g/mol. The third-order valence-electron chi connectivity index (χ3n) is 3.17. The van der Waals surface area contributed by atoms with Crippen molar-refractivity contribution in [2.75, 3.05) is 0 Å². The lowest BCUT2D eigenvalue weighted by Gasteiger charge is -2.11. The fourth-order valence-corrected chi connectivity index (χ4v) is 2.87. The number of nitro groups is 1. The Morgan fingerprint density at radius 3 is 2.39 bits per heavy atom. The van der Waals surface area contributed by atoms with Gasteiger partial charge in [0.05, 0.1) is 21.3 Å². The molecule has 0 fully saturated rings. The van der Waals surface area contributed by atoms with Gasteiger partial charge in [-0.15, -0.1) is 0 Å². The molecule has 0 amide bonds. The third kappa shape index (κ3) is 2.52. The van der Waals surface area contributed by atoms with Crippen LogP contribution >= 0.6 is 0 Å². The second-order valence-electron chi connectivity index (χ2n) is 4.40. The number of rotatable bonds is 2. The summed E-state index contributed by atoms with van der Waals surface area (Å²) in [5.41, 5.74) is -2.21.